The van der Waals surface area contributed by atoms with E-state index in [1.54, 1.807) is 36.4 Å². The fourth-order valence-electron chi connectivity index (χ4n) is 5.42. The van der Waals surface area contributed by atoms with Crippen molar-refractivity contribution in [3.8, 4) is 11.5 Å². The molecule has 45 heavy (non-hydrogen) atoms. The summed E-state index contributed by atoms with van der Waals surface area (Å²) in [6.07, 6.45) is 4.36. The van der Waals surface area contributed by atoms with Gasteiger partial charge in [-0.3, -0.25) is 14.5 Å². The van der Waals surface area contributed by atoms with E-state index in [-0.39, 0.29) is 30.8 Å². The molecule has 8 heteroatoms. The molecule has 0 aliphatic carbocycles. The number of benzene rings is 4. The van der Waals surface area contributed by atoms with Gasteiger partial charge in [0.2, 0.25) is 11.8 Å². The van der Waals surface area contributed by atoms with Crippen LogP contribution in [0.15, 0.2) is 109 Å². The van der Waals surface area contributed by atoms with Gasteiger partial charge in [-0.05, 0) is 104 Å². The van der Waals surface area contributed by atoms with Crippen LogP contribution in [0.25, 0.3) is 0 Å². The smallest absolute Gasteiger partial charge is 0.249 e. The van der Waals surface area contributed by atoms with Gasteiger partial charge in [0.15, 0.2) is 0 Å². The van der Waals surface area contributed by atoms with E-state index in [0.29, 0.717) is 29.7 Å². The average molecular weight is 610 g/mol. The molecule has 1 atom stereocenters. The largest absolute Gasteiger partial charge is 0.457 e. The van der Waals surface area contributed by atoms with E-state index in [9.17, 15) is 14.0 Å². The minimum absolute atomic E-state index is 0.0276. The first-order valence-corrected chi connectivity index (χ1v) is 15.5. The van der Waals surface area contributed by atoms with Crippen LogP contribution in [0.4, 0.5) is 10.1 Å². The molecular formula is C37H40FN3O4. The maximum Gasteiger partial charge on any atom is 0.249 e. The van der Waals surface area contributed by atoms with Crippen molar-refractivity contribution in [2.24, 2.45) is 5.92 Å². The topological polar surface area (TPSA) is 79.9 Å². The van der Waals surface area contributed by atoms with Crippen LogP contribution < -0.4 is 15.4 Å². The van der Waals surface area contributed by atoms with Crippen LogP contribution in [0.2, 0.25) is 0 Å². The molecule has 0 spiro atoms. The average Bonchev–Trinajstić information content (AvgIpc) is 3.07. The van der Waals surface area contributed by atoms with Gasteiger partial charge < -0.3 is 20.1 Å². The van der Waals surface area contributed by atoms with Crippen molar-refractivity contribution in [1.82, 2.24) is 10.2 Å². The number of ether oxygens (including phenoxy) is 2. The van der Waals surface area contributed by atoms with Gasteiger partial charge in [-0.25, -0.2) is 4.39 Å². The van der Waals surface area contributed by atoms with Crippen LogP contribution in [0.1, 0.15) is 30.4 Å². The van der Waals surface area contributed by atoms with Gasteiger partial charge in [0, 0.05) is 5.69 Å². The Morgan fingerprint density at radius 1 is 0.800 bits per heavy atom. The number of hydrogen-bond donors (Lipinski definition) is 2. The van der Waals surface area contributed by atoms with Crippen LogP contribution in [-0.2, 0) is 27.4 Å². The zero-order valence-corrected chi connectivity index (χ0v) is 25.4. The number of halogens is 1. The SMILES string of the molecule is O=C(CN1CCC(CCc2ccccc2)CC1)NC(COCc1ccccc1)C(=O)Nc1ccc(Oc2ccc(F)cc2)cc1. The number of amides is 2. The third kappa shape index (κ3) is 10.6. The number of likely N-dealkylation sites (tertiary alicyclic amines) is 1. The fourth-order valence-corrected chi connectivity index (χ4v) is 5.42. The highest BCUT2D eigenvalue weighted by atomic mass is 19.1. The minimum Gasteiger partial charge on any atom is -0.457 e. The number of nitrogens with one attached hydrogen (secondary N) is 2. The molecule has 2 amide bonds. The molecule has 4 aromatic carbocycles. The maximum absolute atomic E-state index is 13.3. The molecule has 4 aromatic rings. The van der Waals surface area contributed by atoms with Gasteiger partial charge in [0.1, 0.15) is 23.4 Å². The molecule has 1 saturated heterocycles. The van der Waals surface area contributed by atoms with Crippen LogP contribution >= 0.6 is 0 Å². The minimum atomic E-state index is -0.875. The molecule has 7 nitrogen and oxygen atoms in total. The van der Waals surface area contributed by atoms with Gasteiger partial charge in [-0.15, -0.1) is 0 Å². The number of rotatable bonds is 14. The molecule has 0 bridgehead atoms. The van der Waals surface area contributed by atoms with E-state index in [0.717, 1.165) is 44.3 Å². The Kier molecular flexibility index (Phi) is 11.7. The van der Waals surface area contributed by atoms with Crippen LogP contribution in [0.3, 0.4) is 0 Å². The molecule has 1 unspecified atom stereocenters. The van der Waals surface area contributed by atoms with Crippen LogP contribution in [0, 0.1) is 11.7 Å². The van der Waals surface area contributed by atoms with E-state index in [4.69, 9.17) is 9.47 Å². The van der Waals surface area contributed by atoms with Crippen molar-refractivity contribution in [3.05, 3.63) is 126 Å². The quantitative estimate of drug-likeness (QED) is 0.168. The van der Waals surface area contributed by atoms with E-state index >= 15 is 0 Å². The molecule has 1 aliphatic heterocycles. The molecule has 0 radical (unpaired) electrons. The van der Waals surface area contributed by atoms with Crippen LogP contribution in [0.5, 0.6) is 11.5 Å². The number of piperidine rings is 1. The number of anilines is 1. The zero-order valence-electron chi connectivity index (χ0n) is 25.4. The highest BCUT2D eigenvalue weighted by Gasteiger charge is 2.25. The number of hydrogen-bond acceptors (Lipinski definition) is 5. The lowest BCUT2D eigenvalue weighted by molar-refractivity contribution is -0.128. The number of nitrogens with zero attached hydrogens (tertiary/aromatic N) is 1. The summed E-state index contributed by atoms with van der Waals surface area (Å²) in [6.45, 7) is 2.32. The van der Waals surface area contributed by atoms with Crippen molar-refractivity contribution in [3.63, 3.8) is 0 Å². The predicted molar refractivity (Wildman–Crippen MR) is 174 cm³/mol. The van der Waals surface area contributed by atoms with Gasteiger partial charge >= 0.3 is 0 Å². The normalized spacial score (nSPS) is 14.4. The highest BCUT2D eigenvalue weighted by molar-refractivity contribution is 5.97. The summed E-state index contributed by atoms with van der Waals surface area (Å²) >= 11 is 0. The third-order valence-electron chi connectivity index (χ3n) is 7.98. The summed E-state index contributed by atoms with van der Waals surface area (Å²) in [7, 11) is 0. The summed E-state index contributed by atoms with van der Waals surface area (Å²) in [5, 5.41) is 5.78. The third-order valence-corrected chi connectivity index (χ3v) is 7.98. The monoisotopic (exact) mass is 609 g/mol. The van der Waals surface area contributed by atoms with Crippen molar-refractivity contribution in [1.29, 1.82) is 0 Å². The lowest BCUT2D eigenvalue weighted by Crippen LogP contribution is -2.50. The van der Waals surface area contributed by atoms with Gasteiger partial charge in [-0.2, -0.15) is 0 Å². The van der Waals surface area contributed by atoms with E-state index in [1.165, 1.54) is 17.7 Å². The molecule has 1 fully saturated rings. The first kappa shape index (κ1) is 31.9. The molecule has 0 aromatic heterocycles. The Morgan fingerprint density at radius 2 is 1.40 bits per heavy atom. The summed E-state index contributed by atoms with van der Waals surface area (Å²) in [6, 6.07) is 32.0. The Bertz CT molecular complexity index is 1480. The Hall–Kier alpha value is -4.53. The van der Waals surface area contributed by atoms with Crippen molar-refractivity contribution in [2.45, 2.75) is 38.3 Å². The zero-order chi connectivity index (χ0) is 31.3. The molecule has 0 saturated carbocycles. The first-order chi connectivity index (χ1) is 22.0. The molecule has 234 valence electrons. The molecule has 5 rings (SSSR count). The number of carbonyl (C=O) groups excluding carboxylic acids is 2. The van der Waals surface area contributed by atoms with Gasteiger partial charge in [0.05, 0.1) is 19.8 Å². The molecule has 2 N–H and O–H groups in total. The summed E-state index contributed by atoms with van der Waals surface area (Å²) in [4.78, 5) is 28.6. The van der Waals surface area contributed by atoms with Gasteiger partial charge in [-0.1, -0.05) is 60.7 Å². The maximum atomic E-state index is 13.3. The second kappa shape index (κ2) is 16.5. The van der Waals surface area contributed by atoms with Crippen molar-refractivity contribution < 1.29 is 23.5 Å². The summed E-state index contributed by atoms with van der Waals surface area (Å²) in [5.74, 6) is 0.783. The lowest BCUT2D eigenvalue weighted by atomic mass is 9.90. The van der Waals surface area contributed by atoms with E-state index in [2.05, 4.69) is 39.8 Å². The highest BCUT2D eigenvalue weighted by Crippen LogP contribution is 2.24. The second-order valence-electron chi connectivity index (χ2n) is 11.4. The molecular weight excluding hydrogens is 569 g/mol. The Balaban J connectivity index is 1.12. The van der Waals surface area contributed by atoms with Gasteiger partial charge in [0.25, 0.3) is 0 Å². The summed E-state index contributed by atoms with van der Waals surface area (Å²) < 4.78 is 24.8. The predicted octanol–water partition coefficient (Wildman–Crippen LogP) is 6.60. The van der Waals surface area contributed by atoms with Crippen LogP contribution in [-0.4, -0.2) is 49.0 Å². The fraction of sp³-hybridized carbons (Fsp3) is 0.297. The number of carbonyl (C=O) groups is 2. The standard InChI is InChI=1S/C37H40FN3O4/c38-31-13-17-33(18-14-31)45-34-19-15-32(16-20-34)39-37(43)35(27-44-26-30-9-5-2-6-10-30)40-36(42)25-41-23-21-29(22-24-41)12-11-28-7-3-1-4-8-28/h1-10,13-20,29,35H,11-12,21-27H2,(H,39,43)(H,40,42). The van der Waals surface area contributed by atoms with E-state index < -0.39 is 6.04 Å². The number of aryl methyl sites for hydroxylation is 1. The second-order valence-corrected chi connectivity index (χ2v) is 11.4. The summed E-state index contributed by atoms with van der Waals surface area (Å²) in [5.41, 5.74) is 2.90. The Labute approximate surface area is 264 Å². The Morgan fingerprint density at radius 3 is 2.04 bits per heavy atom. The van der Waals surface area contributed by atoms with E-state index in [1.807, 2.05) is 36.4 Å². The lowest BCUT2D eigenvalue weighted by Gasteiger charge is -2.32. The molecule has 1 heterocycles. The molecule has 1 aliphatic rings. The van der Waals surface area contributed by atoms with Crippen molar-refractivity contribution >= 4 is 17.5 Å². The van der Waals surface area contributed by atoms with Crippen molar-refractivity contribution in [2.75, 3.05) is 31.6 Å². The first-order valence-electron chi connectivity index (χ1n) is 15.5.